The van der Waals surface area contributed by atoms with E-state index in [9.17, 15) is 19.1 Å². The Morgan fingerprint density at radius 3 is 2.37 bits per heavy atom. The molecule has 8 heteroatoms. The van der Waals surface area contributed by atoms with Crippen LogP contribution in [0.15, 0.2) is 30.3 Å². The molecule has 0 amide bonds. The van der Waals surface area contributed by atoms with Gasteiger partial charge in [-0.15, -0.1) is 0 Å². The summed E-state index contributed by atoms with van der Waals surface area (Å²) in [7, 11) is 0. The second-order valence-electron chi connectivity index (χ2n) is 7.27. The molecule has 2 aromatic carbocycles. The Balaban J connectivity index is 2.27. The number of aromatic hydroxyl groups is 1. The van der Waals surface area contributed by atoms with E-state index >= 15 is 0 Å². The summed E-state index contributed by atoms with van der Waals surface area (Å²) in [4.78, 5) is 25.8. The zero-order chi connectivity index (χ0) is 22.3. The molecule has 0 aliphatic heterocycles. The maximum absolute atomic E-state index is 15.0. The number of phenols is 1. The number of hydrogen-bond donors (Lipinski definition) is 1. The van der Waals surface area contributed by atoms with Crippen molar-refractivity contribution in [1.82, 2.24) is 4.57 Å². The standard InChI is InChI=1S/C22H20Cl2FNO4/c1-10(2)30-22(29)11(3)18-12(4)26(16-7-8-17(27)20(25)19(16)18)21(28)13-5-6-14(23)15(24)9-13/h5-11,27H,1-4H3. The summed E-state index contributed by atoms with van der Waals surface area (Å²) < 4.78 is 21.5. The SMILES string of the molecule is Cc1c(C(C)C(=O)OC(C)C)c2c(F)c(O)ccc2n1C(=O)c1ccc(Cl)c(Cl)c1. The summed E-state index contributed by atoms with van der Waals surface area (Å²) in [6.07, 6.45) is -0.357. The van der Waals surface area contributed by atoms with E-state index < -0.39 is 29.4 Å². The number of rotatable bonds is 4. The highest BCUT2D eigenvalue weighted by molar-refractivity contribution is 6.42. The van der Waals surface area contributed by atoms with Crippen LogP contribution in [0.25, 0.3) is 10.9 Å². The van der Waals surface area contributed by atoms with E-state index in [4.69, 9.17) is 27.9 Å². The molecule has 1 aromatic heterocycles. The molecule has 1 atom stereocenters. The molecule has 1 unspecified atom stereocenters. The van der Waals surface area contributed by atoms with Crippen LogP contribution >= 0.6 is 23.2 Å². The van der Waals surface area contributed by atoms with Crippen LogP contribution in [0.1, 0.15) is 48.3 Å². The fourth-order valence-electron chi connectivity index (χ4n) is 3.48. The van der Waals surface area contributed by atoms with Crippen molar-refractivity contribution in [3.63, 3.8) is 0 Å². The Bertz CT molecular complexity index is 1170. The Labute approximate surface area is 183 Å². The molecular weight excluding hydrogens is 432 g/mol. The summed E-state index contributed by atoms with van der Waals surface area (Å²) in [5.74, 6) is -3.38. The Kier molecular flexibility index (Phi) is 6.11. The van der Waals surface area contributed by atoms with E-state index in [0.29, 0.717) is 10.7 Å². The number of phenolic OH excluding ortho intramolecular Hbond substituents is 1. The summed E-state index contributed by atoms with van der Waals surface area (Å²) in [5, 5.41) is 10.4. The topological polar surface area (TPSA) is 68.5 Å². The number of halogens is 3. The lowest BCUT2D eigenvalue weighted by atomic mass is 9.97. The van der Waals surface area contributed by atoms with Gasteiger partial charge in [-0.1, -0.05) is 23.2 Å². The lowest BCUT2D eigenvalue weighted by molar-refractivity contribution is -0.148. The van der Waals surface area contributed by atoms with Gasteiger partial charge in [-0.3, -0.25) is 14.2 Å². The second kappa shape index (κ2) is 8.28. The van der Waals surface area contributed by atoms with Crippen LogP contribution in [0, 0.1) is 12.7 Å². The van der Waals surface area contributed by atoms with Crippen LogP contribution in [0.5, 0.6) is 5.75 Å². The van der Waals surface area contributed by atoms with Crippen LogP contribution < -0.4 is 0 Å². The minimum absolute atomic E-state index is 0.00545. The highest BCUT2D eigenvalue weighted by atomic mass is 35.5. The zero-order valence-electron chi connectivity index (χ0n) is 16.8. The third kappa shape index (κ3) is 3.77. The number of hydrogen-bond acceptors (Lipinski definition) is 4. The van der Waals surface area contributed by atoms with Gasteiger partial charge in [-0.25, -0.2) is 4.39 Å². The molecule has 3 rings (SSSR count). The van der Waals surface area contributed by atoms with Crippen molar-refractivity contribution < 1.29 is 23.8 Å². The fraction of sp³-hybridized carbons (Fsp3) is 0.273. The third-order valence-electron chi connectivity index (χ3n) is 4.84. The monoisotopic (exact) mass is 451 g/mol. The lowest BCUT2D eigenvalue weighted by Crippen LogP contribution is -2.19. The summed E-state index contributed by atoms with van der Waals surface area (Å²) in [6, 6.07) is 7.02. The molecule has 1 N–H and O–H groups in total. The van der Waals surface area contributed by atoms with Gasteiger partial charge in [-0.05, 0) is 63.6 Å². The molecule has 0 fully saturated rings. The van der Waals surface area contributed by atoms with Crippen molar-refractivity contribution >= 4 is 46.0 Å². The van der Waals surface area contributed by atoms with Gasteiger partial charge >= 0.3 is 5.97 Å². The first-order chi connectivity index (χ1) is 14.0. The molecule has 0 radical (unpaired) electrons. The highest BCUT2D eigenvalue weighted by Crippen LogP contribution is 2.38. The smallest absolute Gasteiger partial charge is 0.313 e. The van der Waals surface area contributed by atoms with Crippen LogP contribution in [-0.2, 0) is 9.53 Å². The Morgan fingerprint density at radius 2 is 1.77 bits per heavy atom. The number of esters is 1. The van der Waals surface area contributed by atoms with Gasteiger partial charge in [0.1, 0.15) is 0 Å². The minimum atomic E-state index is -0.907. The minimum Gasteiger partial charge on any atom is -0.505 e. The van der Waals surface area contributed by atoms with Crippen LogP contribution in [0.2, 0.25) is 10.0 Å². The molecule has 0 spiro atoms. The van der Waals surface area contributed by atoms with Crippen LogP contribution in [-0.4, -0.2) is 27.7 Å². The number of aromatic nitrogens is 1. The lowest BCUT2D eigenvalue weighted by Gasteiger charge is -2.15. The average Bonchev–Trinajstić information content (AvgIpc) is 2.97. The van der Waals surface area contributed by atoms with Crippen LogP contribution in [0.3, 0.4) is 0 Å². The predicted molar refractivity (Wildman–Crippen MR) is 114 cm³/mol. The fourth-order valence-corrected chi connectivity index (χ4v) is 3.78. The molecule has 0 saturated carbocycles. The van der Waals surface area contributed by atoms with Gasteiger partial charge in [0.05, 0.1) is 27.6 Å². The summed E-state index contributed by atoms with van der Waals surface area (Å²) in [5.41, 5.74) is 1.09. The van der Waals surface area contributed by atoms with Gasteiger partial charge in [0.25, 0.3) is 5.91 Å². The van der Waals surface area contributed by atoms with E-state index in [2.05, 4.69) is 0 Å². The van der Waals surface area contributed by atoms with Crippen molar-refractivity contribution in [1.29, 1.82) is 0 Å². The first kappa shape index (κ1) is 22.1. The maximum Gasteiger partial charge on any atom is 0.313 e. The predicted octanol–water partition coefficient (Wildman–Crippen LogP) is 5.84. The van der Waals surface area contributed by atoms with Gasteiger partial charge < -0.3 is 9.84 Å². The summed E-state index contributed by atoms with van der Waals surface area (Å²) in [6.45, 7) is 6.60. The molecule has 0 bridgehead atoms. The molecular formula is C22H20Cl2FNO4. The summed E-state index contributed by atoms with van der Waals surface area (Å²) >= 11 is 12.0. The molecule has 0 saturated heterocycles. The van der Waals surface area contributed by atoms with E-state index in [0.717, 1.165) is 6.07 Å². The first-order valence-electron chi connectivity index (χ1n) is 9.27. The molecule has 0 aliphatic carbocycles. The molecule has 158 valence electrons. The largest absolute Gasteiger partial charge is 0.505 e. The number of benzene rings is 2. The van der Waals surface area contributed by atoms with Gasteiger partial charge in [0.15, 0.2) is 11.6 Å². The third-order valence-corrected chi connectivity index (χ3v) is 5.58. The van der Waals surface area contributed by atoms with Gasteiger partial charge in [0, 0.05) is 16.6 Å². The van der Waals surface area contributed by atoms with Gasteiger partial charge in [0.2, 0.25) is 0 Å². The highest BCUT2D eigenvalue weighted by Gasteiger charge is 2.30. The van der Waals surface area contributed by atoms with Crippen molar-refractivity contribution in [2.75, 3.05) is 0 Å². The Hall–Kier alpha value is -2.57. The molecule has 30 heavy (non-hydrogen) atoms. The number of nitrogens with zero attached hydrogens (tertiary/aromatic N) is 1. The van der Waals surface area contributed by atoms with Gasteiger partial charge in [-0.2, -0.15) is 0 Å². The molecule has 0 aliphatic rings. The normalized spacial score (nSPS) is 12.4. The second-order valence-corrected chi connectivity index (χ2v) is 8.08. The molecule has 5 nitrogen and oxygen atoms in total. The average molecular weight is 452 g/mol. The number of carbonyl (C=O) groups excluding carboxylic acids is 2. The first-order valence-corrected chi connectivity index (χ1v) is 10.0. The molecule has 1 heterocycles. The number of ether oxygens (including phenoxy) is 1. The Morgan fingerprint density at radius 1 is 1.10 bits per heavy atom. The van der Waals surface area contributed by atoms with E-state index in [-0.39, 0.29) is 33.2 Å². The maximum atomic E-state index is 15.0. The molecule has 3 aromatic rings. The van der Waals surface area contributed by atoms with E-state index in [1.165, 1.54) is 28.8 Å². The van der Waals surface area contributed by atoms with Crippen LogP contribution in [0.4, 0.5) is 4.39 Å². The quantitative estimate of drug-likeness (QED) is 0.505. The van der Waals surface area contributed by atoms with Crippen molar-refractivity contribution in [2.45, 2.75) is 39.7 Å². The van der Waals surface area contributed by atoms with Crippen molar-refractivity contribution in [3.8, 4) is 5.75 Å². The number of carbonyl (C=O) groups is 2. The van der Waals surface area contributed by atoms with Crippen molar-refractivity contribution in [2.24, 2.45) is 0 Å². The van der Waals surface area contributed by atoms with E-state index in [1.54, 1.807) is 27.7 Å². The zero-order valence-corrected chi connectivity index (χ0v) is 18.3. The number of fused-ring (bicyclic) bond motifs is 1. The van der Waals surface area contributed by atoms with Crippen molar-refractivity contribution in [3.05, 3.63) is 63.0 Å². The van der Waals surface area contributed by atoms with E-state index in [1.807, 2.05) is 0 Å².